The first-order chi connectivity index (χ1) is 15.6. The zero-order valence-corrected chi connectivity index (χ0v) is 19.7. The first-order valence-electron chi connectivity index (χ1n) is 9.72. The highest BCUT2D eigenvalue weighted by Gasteiger charge is 2.27. The molecule has 1 amide bonds. The molecule has 3 rings (SSSR count). The molecule has 0 saturated heterocycles. The molecule has 0 radical (unpaired) electrons. The molecular weight excluding hydrogens is 471 g/mol. The predicted molar refractivity (Wildman–Crippen MR) is 125 cm³/mol. The highest BCUT2D eigenvalue weighted by Crippen LogP contribution is 2.36. The van der Waals surface area contributed by atoms with Gasteiger partial charge in [-0.15, -0.1) is 0 Å². The highest BCUT2D eigenvalue weighted by molar-refractivity contribution is 7.92. The van der Waals surface area contributed by atoms with Crippen LogP contribution in [0, 0.1) is 12.7 Å². The van der Waals surface area contributed by atoms with Gasteiger partial charge >= 0.3 is 0 Å². The Bertz CT molecular complexity index is 1250. The fourth-order valence-corrected chi connectivity index (χ4v) is 4.69. The molecule has 7 nitrogen and oxygen atoms in total. The summed E-state index contributed by atoms with van der Waals surface area (Å²) in [6, 6.07) is 14.0. The van der Waals surface area contributed by atoms with Gasteiger partial charge in [0.15, 0.2) is 0 Å². The molecule has 0 heterocycles. The van der Waals surface area contributed by atoms with Crippen molar-refractivity contribution in [3.05, 3.63) is 77.1 Å². The van der Waals surface area contributed by atoms with Crippen LogP contribution in [0.2, 0.25) is 5.02 Å². The molecule has 10 heteroatoms. The van der Waals surface area contributed by atoms with Gasteiger partial charge in [-0.2, -0.15) is 0 Å². The lowest BCUT2D eigenvalue weighted by Crippen LogP contribution is -2.38. The topological polar surface area (TPSA) is 84.9 Å². The summed E-state index contributed by atoms with van der Waals surface area (Å²) in [4.78, 5) is 12.9. The summed E-state index contributed by atoms with van der Waals surface area (Å²) in [6.45, 7) is 1.26. The third kappa shape index (κ3) is 5.55. The van der Waals surface area contributed by atoms with E-state index in [-0.39, 0.29) is 27.0 Å². The molecule has 0 aromatic heterocycles. The number of carbonyl (C=O) groups is 1. The van der Waals surface area contributed by atoms with Crippen LogP contribution in [0.4, 0.5) is 15.8 Å². The van der Waals surface area contributed by atoms with Crippen molar-refractivity contribution in [2.75, 3.05) is 30.4 Å². The van der Waals surface area contributed by atoms with E-state index in [9.17, 15) is 17.6 Å². The average molecular weight is 493 g/mol. The second-order valence-corrected chi connectivity index (χ2v) is 9.31. The Hall–Kier alpha value is -3.30. The van der Waals surface area contributed by atoms with Crippen LogP contribution in [-0.2, 0) is 14.8 Å². The summed E-state index contributed by atoms with van der Waals surface area (Å²) in [5, 5.41) is 2.90. The van der Waals surface area contributed by atoms with Crippen LogP contribution >= 0.6 is 11.6 Å². The number of benzene rings is 3. The van der Waals surface area contributed by atoms with E-state index in [1.807, 2.05) is 6.92 Å². The molecule has 0 spiro atoms. The van der Waals surface area contributed by atoms with Gasteiger partial charge in [0.05, 0.1) is 35.5 Å². The second kappa shape index (κ2) is 10.1. The van der Waals surface area contributed by atoms with E-state index in [1.165, 1.54) is 50.6 Å². The Morgan fingerprint density at radius 2 is 1.61 bits per heavy atom. The van der Waals surface area contributed by atoms with Crippen molar-refractivity contribution in [2.24, 2.45) is 0 Å². The number of aryl methyl sites for hydroxylation is 1. The minimum atomic E-state index is -4.13. The number of carbonyl (C=O) groups excluding carboxylic acids is 1. The standard InChI is InChI=1S/C23H22ClFN2O5S/c1-15-4-10-18(11-5-15)33(29,30)27(17-8-6-16(25)7-9-17)14-23(28)26-20-13-21(31-2)19(24)12-22(20)32-3/h4-13H,14H2,1-3H3,(H,26,28). The zero-order chi connectivity index (χ0) is 24.2. The number of halogens is 2. The summed E-state index contributed by atoms with van der Waals surface area (Å²) in [7, 11) is -1.31. The number of sulfonamides is 1. The van der Waals surface area contributed by atoms with E-state index in [0.29, 0.717) is 5.75 Å². The molecule has 0 fully saturated rings. The molecule has 3 aromatic carbocycles. The van der Waals surface area contributed by atoms with Gasteiger partial charge < -0.3 is 14.8 Å². The molecule has 0 aliphatic heterocycles. The van der Waals surface area contributed by atoms with Crippen LogP contribution < -0.4 is 19.1 Å². The smallest absolute Gasteiger partial charge is 0.264 e. The van der Waals surface area contributed by atoms with Crippen molar-refractivity contribution < 1.29 is 27.1 Å². The Kier molecular flexibility index (Phi) is 7.45. The Balaban J connectivity index is 1.96. The number of hydrogen-bond acceptors (Lipinski definition) is 5. The molecule has 0 bridgehead atoms. The lowest BCUT2D eigenvalue weighted by atomic mass is 10.2. The number of anilines is 2. The summed E-state index contributed by atoms with van der Waals surface area (Å²) < 4.78 is 51.5. The minimum Gasteiger partial charge on any atom is -0.495 e. The first-order valence-corrected chi connectivity index (χ1v) is 11.5. The number of methoxy groups -OCH3 is 2. The van der Waals surface area contributed by atoms with Crippen LogP contribution in [0.25, 0.3) is 0 Å². The van der Waals surface area contributed by atoms with Gasteiger partial charge in [0.1, 0.15) is 23.9 Å². The largest absolute Gasteiger partial charge is 0.495 e. The van der Waals surface area contributed by atoms with E-state index in [2.05, 4.69) is 5.32 Å². The number of ether oxygens (including phenoxy) is 2. The summed E-state index contributed by atoms with van der Waals surface area (Å²) >= 11 is 6.10. The molecule has 33 heavy (non-hydrogen) atoms. The zero-order valence-electron chi connectivity index (χ0n) is 18.1. The lowest BCUT2D eigenvalue weighted by Gasteiger charge is -2.24. The van der Waals surface area contributed by atoms with Gasteiger partial charge in [0.25, 0.3) is 10.0 Å². The third-order valence-electron chi connectivity index (χ3n) is 4.76. The van der Waals surface area contributed by atoms with Crippen molar-refractivity contribution in [2.45, 2.75) is 11.8 Å². The summed E-state index contributed by atoms with van der Waals surface area (Å²) in [5.41, 5.74) is 1.26. The number of rotatable bonds is 8. The monoisotopic (exact) mass is 492 g/mol. The van der Waals surface area contributed by atoms with Crippen LogP contribution in [0.5, 0.6) is 11.5 Å². The molecule has 0 saturated carbocycles. The van der Waals surface area contributed by atoms with Gasteiger partial charge in [-0.3, -0.25) is 9.10 Å². The summed E-state index contributed by atoms with van der Waals surface area (Å²) in [5.74, 6) is -0.620. The Morgan fingerprint density at radius 3 is 2.18 bits per heavy atom. The van der Waals surface area contributed by atoms with Gasteiger partial charge in [-0.05, 0) is 43.3 Å². The number of hydrogen-bond donors (Lipinski definition) is 1. The van der Waals surface area contributed by atoms with E-state index < -0.39 is 28.3 Å². The van der Waals surface area contributed by atoms with E-state index in [0.717, 1.165) is 22.0 Å². The summed E-state index contributed by atoms with van der Waals surface area (Å²) in [6.07, 6.45) is 0. The molecule has 0 aliphatic rings. The van der Waals surface area contributed by atoms with Gasteiger partial charge in [0, 0.05) is 12.1 Å². The molecule has 0 unspecified atom stereocenters. The fraction of sp³-hybridized carbons (Fsp3) is 0.174. The second-order valence-electron chi connectivity index (χ2n) is 7.04. The molecule has 0 atom stereocenters. The average Bonchev–Trinajstić information content (AvgIpc) is 2.79. The molecular formula is C23H22ClFN2O5S. The van der Waals surface area contributed by atoms with Crippen LogP contribution in [-0.4, -0.2) is 35.1 Å². The Morgan fingerprint density at radius 1 is 1.00 bits per heavy atom. The van der Waals surface area contributed by atoms with E-state index in [1.54, 1.807) is 12.1 Å². The molecule has 174 valence electrons. The maximum absolute atomic E-state index is 13.5. The van der Waals surface area contributed by atoms with Crippen molar-refractivity contribution in [1.29, 1.82) is 0 Å². The van der Waals surface area contributed by atoms with E-state index >= 15 is 0 Å². The van der Waals surface area contributed by atoms with Crippen molar-refractivity contribution >= 4 is 38.9 Å². The van der Waals surface area contributed by atoms with Crippen LogP contribution in [0.15, 0.2) is 65.6 Å². The highest BCUT2D eigenvalue weighted by atomic mass is 35.5. The maximum Gasteiger partial charge on any atom is 0.264 e. The van der Waals surface area contributed by atoms with Crippen LogP contribution in [0.1, 0.15) is 5.56 Å². The SMILES string of the molecule is COc1cc(NC(=O)CN(c2ccc(F)cc2)S(=O)(=O)c2ccc(C)cc2)c(OC)cc1Cl. The van der Waals surface area contributed by atoms with Crippen molar-refractivity contribution in [1.82, 2.24) is 0 Å². The van der Waals surface area contributed by atoms with Gasteiger partial charge in [-0.1, -0.05) is 29.3 Å². The lowest BCUT2D eigenvalue weighted by molar-refractivity contribution is -0.114. The van der Waals surface area contributed by atoms with Crippen molar-refractivity contribution in [3.8, 4) is 11.5 Å². The van der Waals surface area contributed by atoms with Crippen LogP contribution in [0.3, 0.4) is 0 Å². The normalized spacial score (nSPS) is 11.1. The first kappa shape index (κ1) is 24.3. The van der Waals surface area contributed by atoms with E-state index in [4.69, 9.17) is 21.1 Å². The minimum absolute atomic E-state index is 0.00373. The molecule has 1 N–H and O–H groups in total. The predicted octanol–water partition coefficient (Wildman–Crippen LogP) is 4.64. The number of nitrogens with one attached hydrogen (secondary N) is 1. The quantitative estimate of drug-likeness (QED) is 0.495. The number of nitrogens with zero attached hydrogens (tertiary/aromatic N) is 1. The molecule has 0 aliphatic carbocycles. The third-order valence-corrected chi connectivity index (χ3v) is 6.84. The number of amides is 1. The van der Waals surface area contributed by atoms with Gasteiger partial charge in [-0.25, -0.2) is 12.8 Å². The molecule has 3 aromatic rings. The van der Waals surface area contributed by atoms with Crippen molar-refractivity contribution in [3.63, 3.8) is 0 Å². The maximum atomic E-state index is 13.5. The van der Waals surface area contributed by atoms with Gasteiger partial charge in [0.2, 0.25) is 5.91 Å². The fourth-order valence-electron chi connectivity index (χ4n) is 3.04. The Labute approximate surface area is 196 Å².